The molecule has 2 aromatic carbocycles. The van der Waals surface area contributed by atoms with Crippen molar-refractivity contribution in [3.63, 3.8) is 0 Å². The van der Waals surface area contributed by atoms with E-state index in [2.05, 4.69) is 61.2 Å². The van der Waals surface area contributed by atoms with Gasteiger partial charge in [-0.05, 0) is 11.1 Å². The molecule has 0 heteroatoms. The summed E-state index contributed by atoms with van der Waals surface area (Å²) in [6.45, 7) is 3.73. The molecule has 0 saturated heterocycles. The zero-order valence-electron chi connectivity index (χ0n) is 9.79. The molecule has 2 aromatic rings. The van der Waals surface area contributed by atoms with Crippen molar-refractivity contribution in [2.45, 2.75) is 20.8 Å². The van der Waals surface area contributed by atoms with Crippen molar-refractivity contribution in [3.05, 3.63) is 96.6 Å². The van der Waals surface area contributed by atoms with E-state index in [0.29, 0.717) is 5.92 Å². The Balaban J connectivity index is 0.00000162. The monoisotopic (exact) mass is 252 g/mol. The average Bonchev–Trinajstić information content (AvgIpc) is 2.42. The van der Waals surface area contributed by atoms with Crippen LogP contribution in [0.2, 0.25) is 0 Å². The van der Waals surface area contributed by atoms with Crippen molar-refractivity contribution in [3.8, 4) is 0 Å². The topological polar surface area (TPSA) is 0 Å². The summed E-state index contributed by atoms with van der Waals surface area (Å²) in [5, 5.41) is 0. The van der Waals surface area contributed by atoms with Crippen molar-refractivity contribution in [1.82, 2.24) is 0 Å². The van der Waals surface area contributed by atoms with Crippen LogP contribution in [0, 0.1) is 0 Å². The van der Waals surface area contributed by atoms with Crippen molar-refractivity contribution < 1.29 is 0 Å². The molecule has 0 fully saturated rings. The molecule has 2 rings (SSSR count). The average molecular weight is 252 g/mol. The second-order valence-electron chi connectivity index (χ2n) is 3.92. The van der Waals surface area contributed by atoms with Gasteiger partial charge in [-0.2, -0.15) is 0 Å². The van der Waals surface area contributed by atoms with E-state index in [9.17, 15) is 0 Å². The van der Waals surface area contributed by atoms with E-state index in [1.807, 2.05) is 24.3 Å². The first-order valence-electron chi connectivity index (χ1n) is 5.81. The lowest BCUT2D eigenvalue weighted by Gasteiger charge is -2.13. The normalized spacial score (nSPS) is 9.74. The first-order chi connectivity index (χ1) is 8.42. The molecule has 0 aromatic heterocycles. The molecule has 0 nitrogen and oxygen atoms in total. The largest absolute Gasteiger partial charge is 0.0991 e. The van der Waals surface area contributed by atoms with Crippen LogP contribution < -0.4 is 0 Å². The van der Waals surface area contributed by atoms with Gasteiger partial charge in [0, 0.05) is 5.92 Å². The third-order valence-corrected chi connectivity index (χ3v) is 2.76. The number of allylic oxidation sites excluding steroid dienone is 3. The first-order valence-corrected chi connectivity index (χ1v) is 5.81. The molecule has 100 valence electrons. The number of hydrogen-bond acceptors (Lipinski definition) is 0. The van der Waals surface area contributed by atoms with E-state index in [1.165, 1.54) is 11.1 Å². The van der Waals surface area contributed by atoms with Crippen molar-refractivity contribution in [1.29, 1.82) is 0 Å². The van der Waals surface area contributed by atoms with E-state index >= 15 is 0 Å². The third kappa shape index (κ3) is 4.59. The van der Waals surface area contributed by atoms with Crippen molar-refractivity contribution in [2.75, 3.05) is 0 Å². The molecule has 0 heterocycles. The summed E-state index contributed by atoms with van der Waals surface area (Å²) in [5.74, 6) is 0.301. The standard InChI is InChI=1S/C17H16.2CH4/c1-2-3-14-17(15-10-6-4-7-11-15)16-12-8-5-9-13-16;;/h2-14,17H,1H2;2*1H4/b14-3+;;. The van der Waals surface area contributed by atoms with Crippen LogP contribution in [0.4, 0.5) is 0 Å². The Morgan fingerprint density at radius 2 is 1.16 bits per heavy atom. The van der Waals surface area contributed by atoms with Crippen LogP contribution in [0.25, 0.3) is 0 Å². The van der Waals surface area contributed by atoms with E-state index < -0.39 is 0 Å². The predicted octanol–water partition coefficient (Wildman–Crippen LogP) is 5.83. The van der Waals surface area contributed by atoms with Gasteiger partial charge in [0.05, 0.1) is 0 Å². The summed E-state index contributed by atoms with van der Waals surface area (Å²) in [6, 6.07) is 21.0. The molecule has 19 heavy (non-hydrogen) atoms. The summed E-state index contributed by atoms with van der Waals surface area (Å²) < 4.78 is 0. The SMILES string of the molecule is C.C.C=C/C=C/C(c1ccccc1)c1ccccc1. The van der Waals surface area contributed by atoms with E-state index in [1.54, 1.807) is 0 Å². The van der Waals surface area contributed by atoms with Gasteiger partial charge < -0.3 is 0 Å². The third-order valence-electron chi connectivity index (χ3n) is 2.76. The Bertz CT molecular complexity index is 440. The Labute approximate surface area is 118 Å². The van der Waals surface area contributed by atoms with Crippen LogP contribution in [0.1, 0.15) is 31.9 Å². The second kappa shape index (κ2) is 8.93. The fourth-order valence-corrected chi connectivity index (χ4v) is 1.93. The highest BCUT2D eigenvalue weighted by Gasteiger charge is 2.08. The van der Waals surface area contributed by atoms with Gasteiger partial charge in [-0.15, -0.1) is 0 Å². The minimum absolute atomic E-state index is 0. The van der Waals surface area contributed by atoms with Crippen LogP contribution in [0.3, 0.4) is 0 Å². The summed E-state index contributed by atoms with van der Waals surface area (Å²) in [5.41, 5.74) is 2.61. The molecule has 0 amide bonds. The molecule has 0 unspecified atom stereocenters. The quantitative estimate of drug-likeness (QED) is 0.600. The molecule has 0 saturated carbocycles. The number of hydrogen-bond donors (Lipinski definition) is 0. The molecule has 0 aliphatic heterocycles. The van der Waals surface area contributed by atoms with Crippen molar-refractivity contribution >= 4 is 0 Å². The van der Waals surface area contributed by atoms with E-state index in [4.69, 9.17) is 0 Å². The zero-order chi connectivity index (χ0) is 11.9. The Morgan fingerprint density at radius 3 is 1.53 bits per heavy atom. The molecule has 0 spiro atoms. The maximum atomic E-state index is 3.73. The summed E-state index contributed by atoms with van der Waals surface area (Å²) >= 11 is 0. The van der Waals surface area contributed by atoms with Gasteiger partial charge in [0.15, 0.2) is 0 Å². The lowest BCUT2D eigenvalue weighted by atomic mass is 9.91. The second-order valence-corrected chi connectivity index (χ2v) is 3.92. The fourth-order valence-electron chi connectivity index (χ4n) is 1.93. The fraction of sp³-hybridized carbons (Fsp3) is 0.158. The van der Waals surface area contributed by atoms with Crippen LogP contribution in [0.15, 0.2) is 85.5 Å². The molecular weight excluding hydrogens is 228 g/mol. The van der Waals surface area contributed by atoms with Crippen LogP contribution in [-0.4, -0.2) is 0 Å². The molecular formula is C19H24. The molecule has 0 N–H and O–H groups in total. The van der Waals surface area contributed by atoms with Gasteiger partial charge in [-0.25, -0.2) is 0 Å². The summed E-state index contributed by atoms with van der Waals surface area (Å²) in [6.07, 6.45) is 6.00. The highest BCUT2D eigenvalue weighted by Crippen LogP contribution is 2.25. The minimum atomic E-state index is 0. The Kier molecular flexibility index (Phi) is 7.95. The molecule has 0 atom stereocenters. The molecule has 0 bridgehead atoms. The predicted molar refractivity (Wildman–Crippen MR) is 87.5 cm³/mol. The molecule has 0 aliphatic rings. The van der Waals surface area contributed by atoms with Gasteiger partial charge in [0.2, 0.25) is 0 Å². The lowest BCUT2D eigenvalue weighted by Crippen LogP contribution is -1.96. The van der Waals surface area contributed by atoms with Crippen molar-refractivity contribution in [2.24, 2.45) is 0 Å². The van der Waals surface area contributed by atoms with Crippen LogP contribution in [0.5, 0.6) is 0 Å². The summed E-state index contributed by atoms with van der Waals surface area (Å²) in [7, 11) is 0. The highest BCUT2D eigenvalue weighted by atomic mass is 14.1. The van der Waals surface area contributed by atoms with Crippen LogP contribution >= 0.6 is 0 Å². The van der Waals surface area contributed by atoms with Gasteiger partial charge in [-0.1, -0.05) is 100 Å². The van der Waals surface area contributed by atoms with Gasteiger partial charge in [-0.3, -0.25) is 0 Å². The maximum Gasteiger partial charge on any atom is 0.0272 e. The highest BCUT2D eigenvalue weighted by molar-refractivity contribution is 5.37. The Morgan fingerprint density at radius 1 is 0.737 bits per heavy atom. The lowest BCUT2D eigenvalue weighted by molar-refractivity contribution is 1.03. The van der Waals surface area contributed by atoms with Gasteiger partial charge in [0.1, 0.15) is 0 Å². The molecule has 0 radical (unpaired) electrons. The van der Waals surface area contributed by atoms with Crippen LogP contribution in [-0.2, 0) is 0 Å². The maximum absolute atomic E-state index is 3.73. The number of benzene rings is 2. The number of rotatable bonds is 4. The first kappa shape index (κ1) is 16.9. The smallest absolute Gasteiger partial charge is 0.0272 e. The van der Waals surface area contributed by atoms with Gasteiger partial charge in [0.25, 0.3) is 0 Å². The Hall–Kier alpha value is -2.08. The summed E-state index contributed by atoms with van der Waals surface area (Å²) in [4.78, 5) is 0. The molecule has 0 aliphatic carbocycles. The van der Waals surface area contributed by atoms with Gasteiger partial charge >= 0.3 is 0 Å². The van der Waals surface area contributed by atoms with E-state index in [-0.39, 0.29) is 14.9 Å². The zero-order valence-corrected chi connectivity index (χ0v) is 9.79. The minimum Gasteiger partial charge on any atom is -0.0991 e. The van der Waals surface area contributed by atoms with E-state index in [0.717, 1.165) is 0 Å².